The number of amides is 1. The number of likely N-dealkylation sites (tertiary alicyclic amines) is 1. The van der Waals surface area contributed by atoms with Crippen LogP contribution in [0.2, 0.25) is 0 Å². The van der Waals surface area contributed by atoms with Gasteiger partial charge in [-0.1, -0.05) is 31.0 Å². The lowest BCUT2D eigenvalue weighted by Crippen LogP contribution is -2.45. The molecule has 2 fully saturated rings. The van der Waals surface area contributed by atoms with Gasteiger partial charge in [-0.15, -0.1) is 0 Å². The molecule has 0 spiro atoms. The van der Waals surface area contributed by atoms with E-state index in [1.807, 2.05) is 47.4 Å². The number of benzene rings is 1. The number of hydrogen-bond donors (Lipinski definition) is 2. The first-order valence-electron chi connectivity index (χ1n) is 11.6. The van der Waals surface area contributed by atoms with E-state index in [-0.39, 0.29) is 12.0 Å². The molecule has 2 heterocycles. The molecule has 1 aromatic heterocycles. The number of nitrogens with zero attached hydrogens (tertiary/aromatic N) is 3. The lowest BCUT2D eigenvalue weighted by molar-refractivity contribution is -0.134. The third kappa shape index (κ3) is 5.99. The highest BCUT2D eigenvalue weighted by atomic mass is 16.5. The lowest BCUT2D eigenvalue weighted by Gasteiger charge is -2.21. The third-order valence-electron chi connectivity index (χ3n) is 6.26. The van der Waals surface area contributed by atoms with Gasteiger partial charge in [0.1, 0.15) is 12.4 Å². The lowest BCUT2D eigenvalue weighted by atomic mass is 10.1. The summed E-state index contributed by atoms with van der Waals surface area (Å²) in [6.45, 7) is 2.72. The minimum absolute atomic E-state index is 0.244. The maximum absolute atomic E-state index is 12.7. The largest absolute Gasteiger partial charge is 0.487 e. The Hall–Kier alpha value is -3.09. The topological polar surface area (TPSA) is 78.9 Å². The Bertz CT molecular complexity index is 894. The summed E-state index contributed by atoms with van der Waals surface area (Å²) in [5, 5.41) is 6.85. The summed E-state index contributed by atoms with van der Waals surface area (Å²) < 4.78 is 5.80. The molecule has 2 aromatic rings. The van der Waals surface area contributed by atoms with Crippen LogP contribution in [0, 0.1) is 5.92 Å². The molecule has 4 rings (SSSR count). The molecule has 1 atom stereocenters. The fraction of sp³-hybridized carbons (Fsp3) is 0.480. The van der Waals surface area contributed by atoms with Gasteiger partial charge in [0, 0.05) is 44.8 Å². The third-order valence-corrected chi connectivity index (χ3v) is 6.26. The molecule has 2 N–H and O–H groups in total. The van der Waals surface area contributed by atoms with Gasteiger partial charge in [0.05, 0.1) is 5.69 Å². The van der Waals surface area contributed by atoms with Crippen molar-refractivity contribution in [3.8, 4) is 5.75 Å². The molecule has 1 aliphatic heterocycles. The summed E-state index contributed by atoms with van der Waals surface area (Å²) in [5.41, 5.74) is 2.05. The molecule has 32 heavy (non-hydrogen) atoms. The van der Waals surface area contributed by atoms with Gasteiger partial charge in [0.15, 0.2) is 5.96 Å². The summed E-state index contributed by atoms with van der Waals surface area (Å²) in [6.07, 6.45) is 7.24. The number of aliphatic imine (C=N–C) groups is 1. The second-order valence-electron chi connectivity index (χ2n) is 8.58. The molecule has 2 aliphatic rings. The van der Waals surface area contributed by atoms with Crippen molar-refractivity contribution in [3.63, 3.8) is 0 Å². The van der Waals surface area contributed by atoms with Crippen LogP contribution in [0.5, 0.6) is 5.75 Å². The molecule has 0 radical (unpaired) electrons. The highest BCUT2D eigenvalue weighted by molar-refractivity contribution is 5.81. The smallest absolute Gasteiger partial charge is 0.225 e. The van der Waals surface area contributed by atoms with Crippen LogP contribution in [0.4, 0.5) is 0 Å². The number of carbonyl (C=O) groups excluding carboxylic acids is 1. The van der Waals surface area contributed by atoms with Gasteiger partial charge in [-0.3, -0.25) is 14.8 Å². The first-order chi connectivity index (χ1) is 15.7. The number of pyridine rings is 1. The molecule has 7 heteroatoms. The zero-order valence-electron chi connectivity index (χ0n) is 18.8. The fourth-order valence-corrected chi connectivity index (χ4v) is 4.43. The number of hydrogen-bond acceptors (Lipinski definition) is 4. The van der Waals surface area contributed by atoms with Crippen molar-refractivity contribution in [3.05, 3.63) is 59.9 Å². The minimum atomic E-state index is 0.244. The quantitative estimate of drug-likeness (QED) is 0.516. The summed E-state index contributed by atoms with van der Waals surface area (Å²) in [6, 6.07) is 14.1. The van der Waals surface area contributed by atoms with Gasteiger partial charge in [-0.05, 0) is 49.1 Å². The van der Waals surface area contributed by atoms with Crippen molar-refractivity contribution in [2.45, 2.75) is 51.3 Å². The molecule has 1 aromatic carbocycles. The van der Waals surface area contributed by atoms with Gasteiger partial charge in [0.2, 0.25) is 5.91 Å². The zero-order valence-corrected chi connectivity index (χ0v) is 18.8. The Labute approximate surface area is 190 Å². The van der Waals surface area contributed by atoms with Crippen molar-refractivity contribution in [2.75, 3.05) is 20.1 Å². The monoisotopic (exact) mass is 435 g/mol. The van der Waals surface area contributed by atoms with E-state index in [9.17, 15) is 4.79 Å². The second kappa shape index (κ2) is 11.0. The first-order valence-corrected chi connectivity index (χ1v) is 11.6. The number of guanidine groups is 1. The normalized spacial score (nSPS) is 19.2. The van der Waals surface area contributed by atoms with E-state index in [2.05, 4.69) is 20.6 Å². The maximum atomic E-state index is 12.7. The Kier molecular flexibility index (Phi) is 7.59. The number of rotatable bonds is 7. The van der Waals surface area contributed by atoms with Gasteiger partial charge < -0.3 is 20.3 Å². The average Bonchev–Trinajstić information content (AvgIpc) is 3.54. The summed E-state index contributed by atoms with van der Waals surface area (Å²) >= 11 is 0. The van der Waals surface area contributed by atoms with Crippen LogP contribution in [0.25, 0.3) is 0 Å². The molecule has 1 unspecified atom stereocenters. The first kappa shape index (κ1) is 22.1. The minimum Gasteiger partial charge on any atom is -0.487 e. The number of carbonyl (C=O) groups is 1. The Morgan fingerprint density at radius 3 is 2.69 bits per heavy atom. The van der Waals surface area contributed by atoms with Crippen LogP contribution in [-0.2, 0) is 17.9 Å². The van der Waals surface area contributed by atoms with Crippen LogP contribution < -0.4 is 15.4 Å². The van der Waals surface area contributed by atoms with E-state index in [0.717, 1.165) is 55.3 Å². The van der Waals surface area contributed by atoms with E-state index in [4.69, 9.17) is 4.74 Å². The van der Waals surface area contributed by atoms with Gasteiger partial charge in [-0.25, -0.2) is 0 Å². The zero-order chi connectivity index (χ0) is 22.2. The molecule has 0 bridgehead atoms. The molecule has 170 valence electrons. The van der Waals surface area contributed by atoms with Crippen molar-refractivity contribution in [1.82, 2.24) is 20.5 Å². The second-order valence-corrected chi connectivity index (χ2v) is 8.58. The van der Waals surface area contributed by atoms with Crippen molar-refractivity contribution < 1.29 is 9.53 Å². The molecule has 1 amide bonds. The average molecular weight is 436 g/mol. The van der Waals surface area contributed by atoms with E-state index < -0.39 is 0 Å². The Balaban J connectivity index is 1.20. The van der Waals surface area contributed by atoms with Crippen LogP contribution in [-0.4, -0.2) is 47.9 Å². The molecule has 1 aliphatic carbocycles. The number of nitrogens with one attached hydrogen (secondary N) is 2. The van der Waals surface area contributed by atoms with Crippen molar-refractivity contribution in [1.29, 1.82) is 0 Å². The number of aromatic nitrogens is 1. The fourth-order valence-electron chi connectivity index (χ4n) is 4.43. The highest BCUT2D eigenvalue weighted by Gasteiger charge is 2.32. The molecule has 1 saturated heterocycles. The highest BCUT2D eigenvalue weighted by Crippen LogP contribution is 2.27. The van der Waals surface area contributed by atoms with E-state index >= 15 is 0 Å². The summed E-state index contributed by atoms with van der Waals surface area (Å²) in [5.74, 6) is 2.18. The maximum Gasteiger partial charge on any atom is 0.225 e. The van der Waals surface area contributed by atoms with Crippen LogP contribution in [0.1, 0.15) is 43.4 Å². The Morgan fingerprint density at radius 1 is 1.16 bits per heavy atom. The predicted molar refractivity (Wildman–Crippen MR) is 125 cm³/mol. The molecular weight excluding hydrogens is 402 g/mol. The number of ether oxygens (including phenoxy) is 1. The van der Waals surface area contributed by atoms with Crippen LogP contribution in [0.3, 0.4) is 0 Å². The standard InChI is InChI=1S/C25H33N5O2/c1-26-25(29-21-13-15-30(17-21)24(31)20-6-2-3-7-20)28-16-19-9-11-23(12-10-19)32-18-22-8-4-5-14-27-22/h4-5,8-12,14,20-21H,2-3,6-7,13,15-18H2,1H3,(H2,26,28,29). The van der Waals surface area contributed by atoms with Crippen LogP contribution >= 0.6 is 0 Å². The van der Waals surface area contributed by atoms with Crippen LogP contribution in [0.15, 0.2) is 53.7 Å². The van der Waals surface area contributed by atoms with Crippen molar-refractivity contribution in [2.24, 2.45) is 10.9 Å². The summed E-state index contributed by atoms with van der Waals surface area (Å²) in [7, 11) is 1.78. The van der Waals surface area contributed by atoms with Crippen molar-refractivity contribution >= 4 is 11.9 Å². The van der Waals surface area contributed by atoms with E-state index in [1.54, 1.807) is 13.2 Å². The predicted octanol–water partition coefficient (Wildman–Crippen LogP) is 3.12. The SMILES string of the molecule is CN=C(NCc1ccc(OCc2ccccn2)cc1)NC1CCN(C(=O)C2CCCC2)C1. The Morgan fingerprint density at radius 2 is 1.97 bits per heavy atom. The van der Waals surface area contributed by atoms with E-state index in [1.165, 1.54) is 12.8 Å². The molecule has 1 saturated carbocycles. The van der Waals surface area contributed by atoms with Gasteiger partial charge in [0.25, 0.3) is 0 Å². The molecular formula is C25H33N5O2. The van der Waals surface area contributed by atoms with Gasteiger partial charge in [-0.2, -0.15) is 0 Å². The van der Waals surface area contributed by atoms with Gasteiger partial charge >= 0.3 is 0 Å². The molecule has 7 nitrogen and oxygen atoms in total. The summed E-state index contributed by atoms with van der Waals surface area (Å²) in [4.78, 5) is 23.3. The van der Waals surface area contributed by atoms with E-state index in [0.29, 0.717) is 19.1 Å².